The van der Waals surface area contributed by atoms with E-state index in [1.165, 1.54) is 0 Å². The topological polar surface area (TPSA) is 53.5 Å². The zero-order valence-electron chi connectivity index (χ0n) is 8.96. The Morgan fingerprint density at radius 2 is 1.35 bits per heavy atom. The Balaban J connectivity index is 2.09. The molecule has 6 nitrogen and oxygen atoms in total. The molecule has 0 aliphatic carbocycles. The molecule has 0 saturated carbocycles. The number of hydrogen-bond acceptors (Lipinski definition) is 3. The molecule has 0 fully saturated rings. The van der Waals surface area contributed by atoms with Crippen molar-refractivity contribution in [2.75, 3.05) is 0 Å². The van der Waals surface area contributed by atoms with E-state index in [-0.39, 0.29) is 0 Å². The molecular formula is C11H10N6. The monoisotopic (exact) mass is 226 g/mol. The van der Waals surface area contributed by atoms with Crippen molar-refractivity contribution >= 4 is 6.20 Å². The lowest BCUT2D eigenvalue weighted by Crippen LogP contribution is -2.13. The summed E-state index contributed by atoms with van der Waals surface area (Å²) < 4.78 is 5.17. The molecule has 0 aromatic carbocycles. The first-order valence-electron chi connectivity index (χ1n) is 5.14. The third-order valence-corrected chi connectivity index (χ3v) is 2.25. The maximum Gasteiger partial charge on any atom is 0.173 e. The Labute approximate surface area is 97.4 Å². The molecule has 6 heteroatoms. The van der Waals surface area contributed by atoms with E-state index in [2.05, 4.69) is 15.3 Å². The standard InChI is InChI=1S/C11H10N6/c1-4-12-15(7-1)10-11(16-8-2-5-13-16)17-9-3-6-14-17/h1-10H. The van der Waals surface area contributed by atoms with E-state index in [9.17, 15) is 0 Å². The molecule has 3 aromatic rings. The van der Waals surface area contributed by atoms with Gasteiger partial charge in [0.1, 0.15) is 0 Å². The van der Waals surface area contributed by atoms with Crippen LogP contribution in [0.3, 0.4) is 0 Å². The van der Waals surface area contributed by atoms with E-state index in [1.807, 2.05) is 43.0 Å². The fraction of sp³-hybridized carbons (Fsp3) is 0. The first kappa shape index (κ1) is 9.59. The first-order valence-corrected chi connectivity index (χ1v) is 5.14. The highest BCUT2D eigenvalue weighted by Crippen LogP contribution is 2.02. The molecule has 0 atom stereocenters. The van der Waals surface area contributed by atoms with Gasteiger partial charge in [-0.2, -0.15) is 15.3 Å². The fourth-order valence-electron chi connectivity index (χ4n) is 1.51. The lowest BCUT2D eigenvalue weighted by molar-refractivity contribution is 0.626. The second kappa shape index (κ2) is 4.09. The number of hydrogen-bond donors (Lipinski definition) is 0. The molecule has 0 amide bonds. The smallest absolute Gasteiger partial charge is 0.173 e. The maximum absolute atomic E-state index is 4.20. The van der Waals surface area contributed by atoms with E-state index >= 15 is 0 Å². The summed E-state index contributed by atoms with van der Waals surface area (Å²) in [5.74, 6) is 0.795. The first-order chi connectivity index (χ1) is 8.43. The summed E-state index contributed by atoms with van der Waals surface area (Å²) in [5.41, 5.74) is 0. The van der Waals surface area contributed by atoms with Crippen molar-refractivity contribution in [1.82, 2.24) is 29.3 Å². The SMILES string of the molecule is C(=C(n1cccn1)n1cccn1)n1cccn1. The van der Waals surface area contributed by atoms with Crippen LogP contribution in [0.2, 0.25) is 0 Å². The molecule has 0 N–H and O–H groups in total. The van der Waals surface area contributed by atoms with Crippen molar-refractivity contribution < 1.29 is 0 Å². The van der Waals surface area contributed by atoms with Gasteiger partial charge in [0.2, 0.25) is 0 Å². The van der Waals surface area contributed by atoms with Crippen LogP contribution in [0.15, 0.2) is 55.4 Å². The minimum absolute atomic E-state index is 0.795. The second-order valence-corrected chi connectivity index (χ2v) is 3.37. The third kappa shape index (κ3) is 1.87. The Morgan fingerprint density at radius 3 is 1.82 bits per heavy atom. The molecule has 17 heavy (non-hydrogen) atoms. The van der Waals surface area contributed by atoms with Crippen molar-refractivity contribution in [3.05, 3.63) is 61.2 Å². The lowest BCUT2D eigenvalue weighted by atomic mass is 10.6. The predicted molar refractivity (Wildman–Crippen MR) is 61.5 cm³/mol. The number of nitrogens with zero attached hydrogens (tertiary/aromatic N) is 6. The molecule has 0 aliphatic heterocycles. The Bertz CT molecular complexity index is 552. The number of rotatable bonds is 3. The molecule has 0 aliphatic rings. The van der Waals surface area contributed by atoms with Crippen molar-refractivity contribution in [1.29, 1.82) is 0 Å². The molecule has 0 bridgehead atoms. The zero-order chi connectivity index (χ0) is 11.5. The van der Waals surface area contributed by atoms with Gasteiger partial charge in [0, 0.05) is 37.2 Å². The van der Waals surface area contributed by atoms with Gasteiger partial charge in [-0.25, -0.2) is 14.0 Å². The van der Waals surface area contributed by atoms with Crippen LogP contribution < -0.4 is 0 Å². The molecule has 0 saturated heterocycles. The van der Waals surface area contributed by atoms with Crippen LogP contribution in [0.25, 0.3) is 6.20 Å². The molecule has 0 unspecified atom stereocenters. The molecule has 0 radical (unpaired) electrons. The van der Waals surface area contributed by atoms with Crippen LogP contribution in [-0.4, -0.2) is 29.3 Å². The van der Waals surface area contributed by atoms with Crippen LogP contribution in [0.5, 0.6) is 0 Å². The average Bonchev–Trinajstić information content (AvgIpc) is 3.09. The molecule has 3 heterocycles. The summed E-state index contributed by atoms with van der Waals surface area (Å²) in [4.78, 5) is 0. The summed E-state index contributed by atoms with van der Waals surface area (Å²) in [5, 5.41) is 12.5. The summed E-state index contributed by atoms with van der Waals surface area (Å²) in [6.45, 7) is 0. The van der Waals surface area contributed by atoms with Crippen LogP contribution in [0, 0.1) is 5.82 Å². The minimum atomic E-state index is 0.795. The quantitative estimate of drug-likeness (QED) is 0.671. The Kier molecular flexibility index (Phi) is 2.31. The van der Waals surface area contributed by atoms with Crippen LogP contribution in [0.4, 0.5) is 0 Å². The van der Waals surface area contributed by atoms with Gasteiger partial charge in [-0.1, -0.05) is 0 Å². The minimum Gasteiger partial charge on any atom is -0.244 e. The van der Waals surface area contributed by atoms with E-state index in [4.69, 9.17) is 0 Å². The van der Waals surface area contributed by atoms with E-state index < -0.39 is 0 Å². The summed E-state index contributed by atoms with van der Waals surface area (Å²) >= 11 is 0. The third-order valence-electron chi connectivity index (χ3n) is 2.25. The average molecular weight is 226 g/mol. The van der Waals surface area contributed by atoms with Crippen LogP contribution >= 0.6 is 0 Å². The molecule has 0 spiro atoms. The highest BCUT2D eigenvalue weighted by molar-refractivity contribution is 5.23. The maximum atomic E-state index is 4.20. The van der Waals surface area contributed by atoms with Crippen LogP contribution in [0.1, 0.15) is 0 Å². The number of aromatic nitrogens is 6. The van der Waals surface area contributed by atoms with Crippen molar-refractivity contribution in [2.24, 2.45) is 0 Å². The Morgan fingerprint density at radius 1 is 0.765 bits per heavy atom. The van der Waals surface area contributed by atoms with Gasteiger partial charge in [-0.15, -0.1) is 0 Å². The van der Waals surface area contributed by atoms with Gasteiger partial charge in [-0.3, -0.25) is 0 Å². The van der Waals surface area contributed by atoms with Gasteiger partial charge < -0.3 is 0 Å². The normalized spacial score (nSPS) is 10.4. The highest BCUT2D eigenvalue weighted by atomic mass is 15.4. The van der Waals surface area contributed by atoms with Gasteiger partial charge in [0.05, 0.1) is 6.20 Å². The van der Waals surface area contributed by atoms with Gasteiger partial charge in [0.25, 0.3) is 0 Å². The fourth-order valence-corrected chi connectivity index (χ4v) is 1.51. The van der Waals surface area contributed by atoms with Crippen molar-refractivity contribution in [2.45, 2.75) is 0 Å². The predicted octanol–water partition coefficient (Wildman–Crippen LogP) is 1.05. The molecule has 84 valence electrons. The van der Waals surface area contributed by atoms with Crippen molar-refractivity contribution in [3.8, 4) is 0 Å². The Hall–Kier alpha value is -2.63. The lowest BCUT2D eigenvalue weighted by Gasteiger charge is -2.07. The molecule has 3 aromatic heterocycles. The zero-order valence-corrected chi connectivity index (χ0v) is 8.96. The summed E-state index contributed by atoms with van der Waals surface area (Å²) in [6, 6.07) is 5.58. The highest BCUT2D eigenvalue weighted by Gasteiger charge is 2.04. The summed E-state index contributed by atoms with van der Waals surface area (Å²) in [7, 11) is 0. The molecular weight excluding hydrogens is 216 g/mol. The largest absolute Gasteiger partial charge is 0.244 e. The van der Waals surface area contributed by atoms with Crippen molar-refractivity contribution in [3.63, 3.8) is 0 Å². The van der Waals surface area contributed by atoms with E-state index in [0.717, 1.165) is 5.82 Å². The van der Waals surface area contributed by atoms with E-state index in [0.29, 0.717) is 0 Å². The van der Waals surface area contributed by atoms with Gasteiger partial charge >= 0.3 is 0 Å². The second-order valence-electron chi connectivity index (χ2n) is 3.37. The molecule has 3 rings (SSSR count). The van der Waals surface area contributed by atoms with E-state index in [1.54, 1.807) is 32.6 Å². The summed E-state index contributed by atoms with van der Waals surface area (Å²) in [6.07, 6.45) is 12.6. The van der Waals surface area contributed by atoms with Gasteiger partial charge in [0.15, 0.2) is 5.82 Å². The van der Waals surface area contributed by atoms with Crippen LogP contribution in [-0.2, 0) is 0 Å². The van der Waals surface area contributed by atoms with Gasteiger partial charge in [-0.05, 0) is 18.2 Å².